The van der Waals surface area contributed by atoms with Crippen LogP contribution in [0.25, 0.3) is 11.3 Å². The molecule has 2 aliphatic rings. The molecule has 8 heteroatoms. The molecule has 7 nitrogen and oxygen atoms in total. The van der Waals surface area contributed by atoms with Crippen molar-refractivity contribution in [2.24, 2.45) is 11.3 Å². The summed E-state index contributed by atoms with van der Waals surface area (Å²) >= 11 is 0. The first-order valence-corrected chi connectivity index (χ1v) is 17.6. The lowest BCUT2D eigenvalue weighted by atomic mass is 9.80. The van der Waals surface area contributed by atoms with Gasteiger partial charge < -0.3 is 14.6 Å². The number of hydrogen-bond donors (Lipinski definition) is 2. The summed E-state index contributed by atoms with van der Waals surface area (Å²) in [6, 6.07) is 6.65. The number of methoxy groups -OCH3 is 1. The van der Waals surface area contributed by atoms with Crippen molar-refractivity contribution in [3.05, 3.63) is 40.6 Å². The summed E-state index contributed by atoms with van der Waals surface area (Å²) in [5.74, 6) is 1.03. The minimum Gasteiger partial charge on any atom is -0.496 e. The zero-order chi connectivity index (χ0) is 31.7. The Hall–Kier alpha value is -2.61. The van der Waals surface area contributed by atoms with E-state index in [1.807, 2.05) is 13.0 Å². The number of nitrogens with one attached hydrogen (secondary N) is 2. The van der Waals surface area contributed by atoms with E-state index in [4.69, 9.17) is 4.74 Å². The van der Waals surface area contributed by atoms with Gasteiger partial charge in [-0.15, -0.1) is 0 Å². The third-order valence-corrected chi connectivity index (χ3v) is 10.3. The van der Waals surface area contributed by atoms with E-state index in [1.54, 1.807) is 21.0 Å². The van der Waals surface area contributed by atoms with Gasteiger partial charge in [0.25, 0.3) is 5.91 Å². The minimum absolute atomic E-state index is 0.121. The number of hydrogen-bond acceptors (Lipinski definition) is 4. The average molecular weight is 612 g/mol. The van der Waals surface area contributed by atoms with Gasteiger partial charge >= 0.3 is 0 Å². The topological polar surface area (TPSA) is 89.4 Å². The van der Waals surface area contributed by atoms with Crippen LogP contribution < -0.4 is 14.8 Å². The van der Waals surface area contributed by atoms with Crippen LogP contribution in [0.1, 0.15) is 120 Å². The van der Waals surface area contributed by atoms with Crippen LogP contribution in [0.5, 0.6) is 5.75 Å². The Kier molecular flexibility index (Phi) is 9.90. The molecule has 2 fully saturated rings. The van der Waals surface area contributed by atoms with Crippen LogP contribution in [0.3, 0.4) is 0 Å². The predicted octanol–water partition coefficient (Wildman–Crippen LogP) is 6.96. The lowest BCUT2D eigenvalue weighted by Crippen LogP contribution is -2.45. The zero-order valence-electron chi connectivity index (χ0n) is 27.9. The molecule has 4 rings (SSSR count). The van der Waals surface area contributed by atoms with Gasteiger partial charge in [-0.1, -0.05) is 47.0 Å². The molecule has 2 N–H and O–H groups in total. The molecule has 1 unspecified atom stereocenters. The van der Waals surface area contributed by atoms with Gasteiger partial charge in [-0.3, -0.25) is 14.3 Å². The number of rotatable bonds is 11. The first kappa shape index (κ1) is 33.3. The summed E-state index contributed by atoms with van der Waals surface area (Å²) in [5.41, 5.74) is 5.36. The second-order valence-electron chi connectivity index (χ2n) is 14.6. The number of ether oxygens (including phenoxy) is 1. The van der Waals surface area contributed by atoms with Crippen molar-refractivity contribution in [3.63, 3.8) is 0 Å². The van der Waals surface area contributed by atoms with Gasteiger partial charge in [0.15, 0.2) is 0 Å². The van der Waals surface area contributed by atoms with Gasteiger partial charge in [0.05, 0.1) is 18.1 Å². The Balaban J connectivity index is 1.80. The van der Waals surface area contributed by atoms with E-state index in [9.17, 15) is 13.8 Å². The average Bonchev–Trinajstić information content (AvgIpc) is 3.69. The van der Waals surface area contributed by atoms with Gasteiger partial charge in [-0.2, -0.15) is 0 Å². The molecule has 238 valence electrons. The standard InChI is InChI=1S/C35H53N3O4S/c1-10-35(16-17-35)28-19-25(18-27(30(28)42-8)33(3,4)5)29-20-26(23(2)38(29)21-24-14-12-11-13-15-24)31(39)36-22-34(6,7)32(40)37-43(9)41/h18-20,24H,10-17,21-22H2,1-9H3,(H,36,39)(H,37,40). The van der Waals surface area contributed by atoms with Crippen molar-refractivity contribution in [3.8, 4) is 17.0 Å². The quantitative estimate of drug-likeness (QED) is 0.288. The third-order valence-electron chi connectivity index (χ3n) is 9.82. The van der Waals surface area contributed by atoms with Crippen molar-refractivity contribution < 1.29 is 18.5 Å². The van der Waals surface area contributed by atoms with Crippen LogP contribution in [-0.4, -0.2) is 40.5 Å². The number of benzene rings is 1. The Labute approximate surface area is 261 Å². The Morgan fingerprint density at radius 1 is 1.07 bits per heavy atom. The molecule has 43 heavy (non-hydrogen) atoms. The van der Waals surface area contributed by atoms with Gasteiger partial charge in [-0.05, 0) is 93.4 Å². The van der Waals surface area contributed by atoms with Crippen molar-refractivity contribution >= 4 is 22.8 Å². The first-order chi connectivity index (χ1) is 20.1. The molecule has 2 saturated carbocycles. The second kappa shape index (κ2) is 12.8. The lowest BCUT2D eigenvalue weighted by molar-refractivity contribution is -0.127. The van der Waals surface area contributed by atoms with Crippen LogP contribution in [0.15, 0.2) is 18.2 Å². The summed E-state index contributed by atoms with van der Waals surface area (Å²) in [7, 11) is 0.328. The zero-order valence-corrected chi connectivity index (χ0v) is 28.7. The lowest BCUT2D eigenvalue weighted by Gasteiger charge is -2.29. The molecule has 1 atom stereocenters. The normalized spacial score (nSPS) is 17.8. The van der Waals surface area contributed by atoms with Crippen molar-refractivity contribution in [2.75, 3.05) is 19.9 Å². The highest BCUT2D eigenvalue weighted by molar-refractivity contribution is 7.82. The predicted molar refractivity (Wildman–Crippen MR) is 176 cm³/mol. The molecular formula is C35H53N3O4S. The molecule has 2 amide bonds. The molecular weight excluding hydrogens is 558 g/mol. The third kappa shape index (κ3) is 7.21. The number of aromatic nitrogens is 1. The number of carbonyl (C=O) groups excluding carboxylic acids is 2. The van der Waals surface area contributed by atoms with Crippen molar-refractivity contribution in [1.82, 2.24) is 14.6 Å². The summed E-state index contributed by atoms with van der Waals surface area (Å²) in [6.45, 7) is 15.5. The summed E-state index contributed by atoms with van der Waals surface area (Å²) in [6.07, 6.45) is 11.1. The van der Waals surface area contributed by atoms with E-state index >= 15 is 0 Å². The van der Waals surface area contributed by atoms with Crippen LogP contribution in [-0.2, 0) is 33.2 Å². The minimum atomic E-state index is -1.46. The second-order valence-corrected chi connectivity index (χ2v) is 15.7. The molecule has 1 aromatic carbocycles. The Morgan fingerprint density at radius 3 is 2.26 bits per heavy atom. The maximum absolute atomic E-state index is 13.7. The SMILES string of the molecule is CCC1(c2cc(-c3cc(C(=O)NCC(C)(C)C(=O)NS(C)=O)c(C)n3CC3CCCCC3)cc(C(C)(C)C)c2OC)CC1. The van der Waals surface area contributed by atoms with E-state index in [0.29, 0.717) is 11.5 Å². The Bertz CT molecular complexity index is 1370. The molecule has 0 spiro atoms. The van der Waals surface area contributed by atoms with E-state index in [-0.39, 0.29) is 29.2 Å². The number of nitrogens with zero attached hydrogens (tertiary/aromatic N) is 1. The maximum atomic E-state index is 13.7. The fourth-order valence-electron chi connectivity index (χ4n) is 6.63. The van der Waals surface area contributed by atoms with Crippen LogP contribution in [0.4, 0.5) is 0 Å². The van der Waals surface area contributed by atoms with Gasteiger partial charge in [0.1, 0.15) is 16.7 Å². The van der Waals surface area contributed by atoms with Crippen molar-refractivity contribution in [1.29, 1.82) is 0 Å². The number of amides is 2. The fraction of sp³-hybridized carbons (Fsp3) is 0.657. The monoisotopic (exact) mass is 611 g/mol. The summed E-state index contributed by atoms with van der Waals surface area (Å²) < 4.78 is 22.5. The largest absolute Gasteiger partial charge is 0.496 e. The molecule has 1 heterocycles. The van der Waals surface area contributed by atoms with Crippen LogP contribution in [0.2, 0.25) is 0 Å². The highest BCUT2D eigenvalue weighted by Gasteiger charge is 2.45. The van der Waals surface area contributed by atoms with E-state index in [2.05, 4.69) is 54.4 Å². The van der Waals surface area contributed by atoms with Crippen LogP contribution >= 0.6 is 0 Å². The molecule has 2 aliphatic carbocycles. The van der Waals surface area contributed by atoms with Crippen molar-refractivity contribution in [2.45, 2.75) is 117 Å². The van der Waals surface area contributed by atoms with E-state index in [1.165, 1.54) is 49.5 Å². The Morgan fingerprint density at radius 2 is 1.72 bits per heavy atom. The highest BCUT2D eigenvalue weighted by Crippen LogP contribution is 2.56. The van der Waals surface area contributed by atoms with Crippen LogP contribution in [0, 0.1) is 18.3 Å². The molecule has 1 aromatic heterocycles. The smallest absolute Gasteiger partial charge is 0.253 e. The van der Waals surface area contributed by atoms with Gasteiger partial charge in [0, 0.05) is 41.9 Å². The molecule has 0 saturated heterocycles. The van der Waals surface area contributed by atoms with Gasteiger partial charge in [0.2, 0.25) is 5.91 Å². The maximum Gasteiger partial charge on any atom is 0.253 e. The van der Waals surface area contributed by atoms with Gasteiger partial charge in [-0.25, -0.2) is 4.21 Å². The highest BCUT2D eigenvalue weighted by atomic mass is 32.2. The first-order valence-electron chi connectivity index (χ1n) is 16.0. The number of carbonyl (C=O) groups is 2. The summed E-state index contributed by atoms with van der Waals surface area (Å²) in [4.78, 5) is 26.3. The fourth-order valence-corrected chi connectivity index (χ4v) is 7.17. The van der Waals surface area contributed by atoms with E-state index < -0.39 is 16.4 Å². The molecule has 2 aromatic rings. The molecule has 0 aliphatic heterocycles. The van der Waals surface area contributed by atoms with E-state index in [0.717, 1.165) is 48.5 Å². The summed E-state index contributed by atoms with van der Waals surface area (Å²) in [5, 5.41) is 3.01. The molecule has 0 bridgehead atoms. The molecule has 0 radical (unpaired) electrons.